The van der Waals surface area contributed by atoms with Gasteiger partial charge in [0.1, 0.15) is 0 Å². The Kier molecular flexibility index (Phi) is 5.60. The third-order valence-corrected chi connectivity index (χ3v) is 6.69. The molecule has 0 aromatic heterocycles. The number of hydrogen-bond donors (Lipinski definition) is 2. The number of rotatable bonds is 4. The van der Waals surface area contributed by atoms with Gasteiger partial charge < -0.3 is 15.5 Å². The largest absolute Gasteiger partial charge is 0.371 e. The summed E-state index contributed by atoms with van der Waals surface area (Å²) in [4.78, 5) is 15.1. The van der Waals surface area contributed by atoms with Gasteiger partial charge in [-0.15, -0.1) is 0 Å². The van der Waals surface area contributed by atoms with E-state index in [1.807, 2.05) is 13.8 Å². The normalized spacial score (nSPS) is 19.4. The van der Waals surface area contributed by atoms with E-state index in [-0.39, 0.29) is 12.1 Å². The van der Waals surface area contributed by atoms with Crippen LogP contribution in [0.25, 0.3) is 0 Å². The maximum atomic E-state index is 12.5. The molecule has 164 valence electrons. The summed E-state index contributed by atoms with van der Waals surface area (Å²) in [7, 11) is 0. The van der Waals surface area contributed by atoms with Crippen LogP contribution >= 0.6 is 0 Å². The van der Waals surface area contributed by atoms with E-state index < -0.39 is 0 Å². The zero-order valence-corrected chi connectivity index (χ0v) is 18.8. The minimum Gasteiger partial charge on any atom is -0.371 e. The Morgan fingerprint density at radius 2 is 1.34 bits per heavy atom. The topological polar surface area (TPSA) is 44.4 Å². The van der Waals surface area contributed by atoms with Crippen molar-refractivity contribution in [2.45, 2.75) is 44.6 Å². The lowest BCUT2D eigenvalue weighted by atomic mass is 9.76. The fourth-order valence-corrected chi connectivity index (χ4v) is 5.36. The van der Waals surface area contributed by atoms with Crippen molar-refractivity contribution in [2.75, 3.05) is 23.3 Å². The maximum Gasteiger partial charge on any atom is 0.319 e. The summed E-state index contributed by atoms with van der Waals surface area (Å²) >= 11 is 0. The zero-order valence-electron chi connectivity index (χ0n) is 18.8. The fourth-order valence-electron chi connectivity index (χ4n) is 5.36. The van der Waals surface area contributed by atoms with Gasteiger partial charge in [-0.3, -0.25) is 0 Å². The highest BCUT2D eigenvalue weighted by Gasteiger charge is 2.35. The molecule has 2 heterocycles. The second kappa shape index (κ2) is 8.70. The highest BCUT2D eigenvalue weighted by molar-refractivity contribution is 5.90. The minimum absolute atomic E-state index is 0.0932. The van der Waals surface area contributed by atoms with E-state index in [2.05, 4.69) is 88.3 Å². The highest BCUT2D eigenvalue weighted by Crippen LogP contribution is 2.49. The number of amides is 2. The molecule has 0 spiro atoms. The van der Waals surface area contributed by atoms with Gasteiger partial charge in [0, 0.05) is 42.3 Å². The molecule has 2 unspecified atom stereocenters. The van der Waals surface area contributed by atoms with Crippen LogP contribution in [0, 0.1) is 0 Å². The first-order valence-corrected chi connectivity index (χ1v) is 11.7. The Morgan fingerprint density at radius 1 is 0.844 bits per heavy atom. The Balaban J connectivity index is 1.63. The van der Waals surface area contributed by atoms with Crippen molar-refractivity contribution in [1.29, 1.82) is 0 Å². The molecule has 4 heteroatoms. The van der Waals surface area contributed by atoms with Crippen LogP contribution in [0.1, 0.15) is 60.8 Å². The van der Waals surface area contributed by atoms with Gasteiger partial charge >= 0.3 is 6.03 Å². The van der Waals surface area contributed by atoms with Crippen molar-refractivity contribution in [2.24, 2.45) is 0 Å². The smallest absolute Gasteiger partial charge is 0.319 e. The van der Waals surface area contributed by atoms with Gasteiger partial charge in [-0.25, -0.2) is 4.79 Å². The zero-order chi connectivity index (χ0) is 22.1. The molecular formula is C28H31N3O. The molecule has 0 fully saturated rings. The molecule has 2 atom stereocenters. The summed E-state index contributed by atoms with van der Waals surface area (Å²) in [5, 5.41) is 6.07. The molecule has 0 radical (unpaired) electrons. The summed E-state index contributed by atoms with van der Waals surface area (Å²) in [6.45, 7) is 6.10. The second-order valence-electron chi connectivity index (χ2n) is 9.25. The molecule has 2 amide bonds. The van der Waals surface area contributed by atoms with E-state index in [0.717, 1.165) is 31.6 Å². The van der Waals surface area contributed by atoms with Crippen LogP contribution < -0.4 is 15.5 Å². The number of hydrogen-bond acceptors (Lipinski definition) is 2. The molecule has 4 nitrogen and oxygen atoms in total. The van der Waals surface area contributed by atoms with Crippen LogP contribution in [0.2, 0.25) is 0 Å². The lowest BCUT2D eigenvalue weighted by Gasteiger charge is -2.43. The summed E-state index contributed by atoms with van der Waals surface area (Å²) in [5.41, 5.74) is 7.61. The molecule has 32 heavy (non-hydrogen) atoms. The number of nitrogens with one attached hydrogen (secondary N) is 2. The monoisotopic (exact) mass is 425 g/mol. The van der Waals surface area contributed by atoms with Crippen molar-refractivity contribution in [3.8, 4) is 0 Å². The lowest BCUT2D eigenvalue weighted by molar-refractivity contribution is 0.250. The Morgan fingerprint density at radius 3 is 1.81 bits per heavy atom. The molecule has 5 rings (SSSR count). The SMILES string of the molecule is CC(C)NC(=O)Nc1cc2c3c(c1)C(c1ccccc1)CCN3CCC2c1ccccc1. The molecule has 0 bridgehead atoms. The first-order valence-electron chi connectivity index (χ1n) is 11.7. The molecule has 0 saturated carbocycles. The summed E-state index contributed by atoms with van der Waals surface area (Å²) in [6.07, 6.45) is 2.18. The van der Waals surface area contributed by atoms with Gasteiger partial charge in [0.25, 0.3) is 0 Å². The molecule has 0 saturated heterocycles. The Labute approximate surface area is 190 Å². The Bertz CT molecular complexity index is 1020. The fraction of sp³-hybridized carbons (Fsp3) is 0.321. The van der Waals surface area contributed by atoms with Crippen molar-refractivity contribution in [3.05, 3.63) is 95.1 Å². The van der Waals surface area contributed by atoms with Gasteiger partial charge in [0.15, 0.2) is 0 Å². The average molecular weight is 426 g/mol. The van der Waals surface area contributed by atoms with E-state index in [1.54, 1.807) is 0 Å². The predicted molar refractivity (Wildman–Crippen MR) is 132 cm³/mol. The van der Waals surface area contributed by atoms with Crippen molar-refractivity contribution < 1.29 is 4.79 Å². The quantitative estimate of drug-likeness (QED) is 0.531. The van der Waals surface area contributed by atoms with E-state index >= 15 is 0 Å². The third kappa shape index (κ3) is 3.97. The molecule has 2 aliphatic rings. The van der Waals surface area contributed by atoms with Crippen molar-refractivity contribution in [1.82, 2.24) is 5.32 Å². The van der Waals surface area contributed by atoms with Gasteiger partial charge in [-0.1, -0.05) is 60.7 Å². The standard InChI is InChI=1S/C28H31N3O/c1-19(2)29-28(32)30-22-17-25-23(20-9-5-3-6-10-20)13-15-31-16-14-24(26(18-22)27(25)31)21-11-7-4-8-12-21/h3-12,17-19,23-24H,13-16H2,1-2H3,(H2,29,30,32). The number of urea groups is 1. The summed E-state index contributed by atoms with van der Waals surface area (Å²) in [5.74, 6) is 0.677. The first kappa shape index (κ1) is 20.6. The molecule has 3 aromatic rings. The van der Waals surface area contributed by atoms with E-state index in [9.17, 15) is 4.79 Å². The highest BCUT2D eigenvalue weighted by atomic mass is 16.2. The number of anilines is 2. The third-order valence-electron chi connectivity index (χ3n) is 6.69. The second-order valence-corrected chi connectivity index (χ2v) is 9.25. The number of benzene rings is 3. The van der Waals surface area contributed by atoms with Gasteiger partial charge in [-0.2, -0.15) is 0 Å². The summed E-state index contributed by atoms with van der Waals surface area (Å²) < 4.78 is 0. The first-order chi connectivity index (χ1) is 15.6. The van der Waals surface area contributed by atoms with Crippen molar-refractivity contribution in [3.63, 3.8) is 0 Å². The van der Waals surface area contributed by atoms with Crippen molar-refractivity contribution >= 4 is 17.4 Å². The van der Waals surface area contributed by atoms with Gasteiger partial charge in [0.2, 0.25) is 0 Å². The molecule has 2 aliphatic heterocycles. The van der Waals surface area contributed by atoms with Crippen LogP contribution in [0.4, 0.5) is 16.2 Å². The predicted octanol–water partition coefficient (Wildman–Crippen LogP) is 6.09. The minimum atomic E-state index is -0.150. The maximum absolute atomic E-state index is 12.5. The van der Waals surface area contributed by atoms with E-state index in [0.29, 0.717) is 11.8 Å². The molecule has 3 aromatic carbocycles. The number of nitrogens with zero attached hydrogens (tertiary/aromatic N) is 1. The number of carbonyl (C=O) groups is 1. The van der Waals surface area contributed by atoms with E-state index in [4.69, 9.17) is 0 Å². The van der Waals surface area contributed by atoms with Crippen LogP contribution in [0.15, 0.2) is 72.8 Å². The van der Waals surface area contributed by atoms with Crippen LogP contribution in [0.3, 0.4) is 0 Å². The summed E-state index contributed by atoms with van der Waals surface area (Å²) in [6, 6.07) is 25.9. The lowest BCUT2D eigenvalue weighted by Crippen LogP contribution is -2.38. The number of carbonyl (C=O) groups excluding carboxylic acids is 1. The van der Waals surface area contributed by atoms with Crippen LogP contribution in [-0.2, 0) is 0 Å². The van der Waals surface area contributed by atoms with E-state index in [1.165, 1.54) is 27.9 Å². The van der Waals surface area contributed by atoms with Crippen LogP contribution in [-0.4, -0.2) is 25.2 Å². The molecular weight excluding hydrogens is 394 g/mol. The van der Waals surface area contributed by atoms with Gasteiger partial charge in [-0.05, 0) is 61.1 Å². The Hall–Kier alpha value is -3.27. The molecule has 0 aliphatic carbocycles. The van der Waals surface area contributed by atoms with Crippen LogP contribution in [0.5, 0.6) is 0 Å². The van der Waals surface area contributed by atoms with Gasteiger partial charge in [0.05, 0.1) is 0 Å². The average Bonchev–Trinajstić information content (AvgIpc) is 2.80. The molecule has 2 N–H and O–H groups in total.